The van der Waals surface area contributed by atoms with Crippen LogP contribution in [0.5, 0.6) is 0 Å². The van der Waals surface area contributed by atoms with Gasteiger partial charge in [-0.2, -0.15) is 0 Å². The molecule has 0 saturated carbocycles. The van der Waals surface area contributed by atoms with E-state index in [1.54, 1.807) is 0 Å². The summed E-state index contributed by atoms with van der Waals surface area (Å²) in [6.45, 7) is 2.08. The predicted molar refractivity (Wildman–Crippen MR) is 54.0 cm³/mol. The van der Waals surface area contributed by atoms with Gasteiger partial charge in [0, 0.05) is 28.7 Å². The summed E-state index contributed by atoms with van der Waals surface area (Å²) < 4.78 is 15.7. The first-order chi connectivity index (χ1) is 6.20. The van der Waals surface area contributed by atoms with Crippen LogP contribution in [0.25, 0.3) is 0 Å². The van der Waals surface area contributed by atoms with Crippen LogP contribution < -0.4 is 0 Å². The summed E-state index contributed by atoms with van der Waals surface area (Å²) in [5.41, 5.74) is 0. The number of carbonyl (C=O) groups excluding carboxylic acids is 1. The number of rotatable bonds is 7. The van der Waals surface area contributed by atoms with Gasteiger partial charge in [-0.05, 0) is 12.8 Å². The lowest BCUT2D eigenvalue weighted by molar-refractivity contribution is -0.140. The van der Waals surface area contributed by atoms with Gasteiger partial charge in [0.15, 0.2) is 0 Å². The van der Waals surface area contributed by atoms with Crippen molar-refractivity contribution in [2.24, 2.45) is 0 Å². The Bertz CT molecular complexity index is 168. The molecule has 78 valence electrons. The van der Waals surface area contributed by atoms with Crippen molar-refractivity contribution >= 4 is 16.8 Å². The monoisotopic (exact) mass is 206 g/mol. The zero-order valence-corrected chi connectivity index (χ0v) is 9.19. The third-order valence-corrected chi connectivity index (χ3v) is 3.19. The van der Waals surface area contributed by atoms with Crippen LogP contribution in [0.15, 0.2) is 0 Å². The minimum atomic E-state index is -0.746. The molecule has 0 N–H and O–H groups in total. The minimum Gasteiger partial charge on any atom is -0.469 e. The van der Waals surface area contributed by atoms with Crippen LogP contribution >= 0.6 is 0 Å². The molecule has 1 atom stereocenters. The Kier molecular flexibility index (Phi) is 7.99. The van der Waals surface area contributed by atoms with Crippen LogP contribution in [-0.2, 0) is 20.3 Å². The smallest absolute Gasteiger partial charge is 0.305 e. The molecule has 0 spiro atoms. The average molecular weight is 206 g/mol. The van der Waals surface area contributed by atoms with E-state index in [0.29, 0.717) is 18.6 Å². The van der Waals surface area contributed by atoms with Gasteiger partial charge >= 0.3 is 5.97 Å². The van der Waals surface area contributed by atoms with Gasteiger partial charge in [0.05, 0.1) is 7.11 Å². The van der Waals surface area contributed by atoms with E-state index in [-0.39, 0.29) is 5.97 Å². The van der Waals surface area contributed by atoms with Crippen LogP contribution in [0, 0.1) is 0 Å². The van der Waals surface area contributed by atoms with Gasteiger partial charge < -0.3 is 4.74 Å². The quantitative estimate of drug-likeness (QED) is 0.593. The summed E-state index contributed by atoms with van der Waals surface area (Å²) >= 11 is 0. The molecular weight excluding hydrogens is 188 g/mol. The van der Waals surface area contributed by atoms with E-state index in [1.165, 1.54) is 7.11 Å². The Hall–Kier alpha value is -0.380. The molecule has 0 aromatic rings. The normalized spacial score (nSPS) is 12.5. The Balaban J connectivity index is 3.31. The molecule has 0 radical (unpaired) electrons. The molecule has 0 aliphatic heterocycles. The van der Waals surface area contributed by atoms with E-state index in [2.05, 4.69) is 11.7 Å². The van der Waals surface area contributed by atoms with Crippen molar-refractivity contribution < 1.29 is 13.7 Å². The average Bonchev–Trinajstić information content (AvgIpc) is 2.14. The van der Waals surface area contributed by atoms with Crippen molar-refractivity contribution in [3.8, 4) is 0 Å². The summed E-state index contributed by atoms with van der Waals surface area (Å²) in [6.07, 6.45) is 3.13. The van der Waals surface area contributed by atoms with Gasteiger partial charge in [-0.1, -0.05) is 13.3 Å². The highest BCUT2D eigenvalue weighted by molar-refractivity contribution is 7.84. The first kappa shape index (κ1) is 12.6. The van der Waals surface area contributed by atoms with Crippen molar-refractivity contribution in [3.05, 3.63) is 0 Å². The number of ether oxygens (including phenoxy) is 1. The molecule has 0 heterocycles. The van der Waals surface area contributed by atoms with Crippen LogP contribution in [0.3, 0.4) is 0 Å². The van der Waals surface area contributed by atoms with Gasteiger partial charge in [0.1, 0.15) is 0 Å². The second-order valence-corrected chi connectivity index (χ2v) is 4.58. The molecule has 0 amide bonds. The summed E-state index contributed by atoms with van der Waals surface area (Å²) in [6, 6.07) is 0. The van der Waals surface area contributed by atoms with Crippen LogP contribution in [0.2, 0.25) is 0 Å². The predicted octanol–water partition coefficient (Wildman–Crippen LogP) is 1.49. The fraction of sp³-hybridized carbons (Fsp3) is 0.889. The van der Waals surface area contributed by atoms with E-state index >= 15 is 0 Å². The molecule has 4 heteroatoms. The topological polar surface area (TPSA) is 43.4 Å². The van der Waals surface area contributed by atoms with Crippen molar-refractivity contribution in [2.45, 2.75) is 32.6 Å². The lowest BCUT2D eigenvalue weighted by Crippen LogP contribution is -2.06. The molecule has 0 aliphatic carbocycles. The molecule has 0 rings (SSSR count). The standard InChI is InChI=1S/C9H18O3S/c1-3-4-7-13(11)8-5-6-9(10)12-2/h3-8H2,1-2H3. The second kappa shape index (κ2) is 8.23. The first-order valence-corrected chi connectivity index (χ1v) is 6.11. The number of unbranched alkanes of at least 4 members (excludes halogenated alkanes) is 1. The highest BCUT2D eigenvalue weighted by atomic mass is 32.2. The minimum absolute atomic E-state index is 0.215. The third kappa shape index (κ3) is 7.96. The Labute approximate surface area is 82.3 Å². The molecule has 1 unspecified atom stereocenters. The summed E-state index contributed by atoms with van der Waals surface area (Å²) in [7, 11) is 0.625. The Morgan fingerprint density at radius 1 is 1.31 bits per heavy atom. The van der Waals surface area contributed by atoms with E-state index in [0.717, 1.165) is 18.6 Å². The maximum absolute atomic E-state index is 11.2. The highest BCUT2D eigenvalue weighted by Gasteiger charge is 2.02. The lowest BCUT2D eigenvalue weighted by Gasteiger charge is -2.00. The van der Waals surface area contributed by atoms with Crippen molar-refractivity contribution in [3.63, 3.8) is 0 Å². The summed E-state index contributed by atoms with van der Waals surface area (Å²) in [5.74, 6) is 1.17. The molecule has 0 bridgehead atoms. The van der Waals surface area contributed by atoms with E-state index in [9.17, 15) is 9.00 Å². The number of hydrogen-bond donors (Lipinski definition) is 0. The SMILES string of the molecule is CCCCS(=O)CCCC(=O)OC. The fourth-order valence-corrected chi connectivity index (χ4v) is 2.17. The molecule has 0 fully saturated rings. The maximum atomic E-state index is 11.2. The molecule has 0 saturated heterocycles. The number of methoxy groups -OCH3 is 1. The van der Waals surface area contributed by atoms with E-state index in [4.69, 9.17) is 0 Å². The Morgan fingerprint density at radius 2 is 1.92 bits per heavy atom. The van der Waals surface area contributed by atoms with Gasteiger partial charge in [0.25, 0.3) is 0 Å². The molecular formula is C9H18O3S. The zero-order valence-electron chi connectivity index (χ0n) is 8.38. The first-order valence-electron chi connectivity index (χ1n) is 4.62. The number of hydrogen-bond acceptors (Lipinski definition) is 3. The van der Waals surface area contributed by atoms with Crippen LogP contribution in [0.1, 0.15) is 32.6 Å². The molecule has 0 aromatic carbocycles. The highest BCUT2D eigenvalue weighted by Crippen LogP contribution is 1.98. The van der Waals surface area contributed by atoms with Gasteiger partial charge in [-0.3, -0.25) is 9.00 Å². The van der Waals surface area contributed by atoms with Crippen molar-refractivity contribution in [1.82, 2.24) is 0 Å². The summed E-state index contributed by atoms with van der Waals surface area (Å²) in [4.78, 5) is 10.7. The lowest BCUT2D eigenvalue weighted by atomic mass is 10.3. The zero-order chi connectivity index (χ0) is 10.1. The third-order valence-electron chi connectivity index (χ3n) is 1.71. The molecule has 0 aromatic heterocycles. The van der Waals surface area contributed by atoms with Crippen molar-refractivity contribution in [1.29, 1.82) is 0 Å². The Morgan fingerprint density at radius 3 is 2.46 bits per heavy atom. The number of esters is 1. The van der Waals surface area contributed by atoms with Gasteiger partial charge in [0.2, 0.25) is 0 Å². The summed E-state index contributed by atoms with van der Waals surface area (Å²) in [5, 5.41) is 0. The van der Waals surface area contributed by atoms with Crippen molar-refractivity contribution in [2.75, 3.05) is 18.6 Å². The maximum Gasteiger partial charge on any atom is 0.305 e. The van der Waals surface area contributed by atoms with Crippen LogP contribution in [-0.4, -0.2) is 28.8 Å². The fourth-order valence-electron chi connectivity index (χ4n) is 0.887. The number of carbonyl (C=O) groups is 1. The van der Waals surface area contributed by atoms with E-state index < -0.39 is 10.8 Å². The van der Waals surface area contributed by atoms with E-state index in [1.807, 2.05) is 0 Å². The van der Waals surface area contributed by atoms with Crippen LogP contribution in [0.4, 0.5) is 0 Å². The molecule has 13 heavy (non-hydrogen) atoms. The molecule has 3 nitrogen and oxygen atoms in total. The van der Waals surface area contributed by atoms with Gasteiger partial charge in [-0.15, -0.1) is 0 Å². The largest absolute Gasteiger partial charge is 0.469 e. The molecule has 0 aliphatic rings. The van der Waals surface area contributed by atoms with Gasteiger partial charge in [-0.25, -0.2) is 0 Å². The second-order valence-electron chi connectivity index (χ2n) is 2.88.